The average molecular weight is 362 g/mol. The highest BCUT2D eigenvalue weighted by molar-refractivity contribution is 7.09. The molecule has 2 aromatic rings. The number of carbonyl (C=O) groups is 1. The molecule has 0 radical (unpaired) electrons. The molecular formula is C18H27N5OS. The van der Waals surface area contributed by atoms with Crippen LogP contribution in [0.3, 0.4) is 0 Å². The van der Waals surface area contributed by atoms with Crippen molar-refractivity contribution in [1.29, 1.82) is 0 Å². The number of nitrogens with zero attached hydrogens (tertiary/aromatic N) is 4. The maximum Gasteiger partial charge on any atom is 0.317 e. The van der Waals surface area contributed by atoms with Gasteiger partial charge in [0.2, 0.25) is 0 Å². The van der Waals surface area contributed by atoms with Gasteiger partial charge in [-0.3, -0.25) is 4.68 Å². The van der Waals surface area contributed by atoms with Crippen LogP contribution in [0.1, 0.15) is 49.7 Å². The Kier molecular flexibility index (Phi) is 6.44. The van der Waals surface area contributed by atoms with Gasteiger partial charge in [-0.25, -0.2) is 9.78 Å². The van der Waals surface area contributed by atoms with E-state index in [-0.39, 0.29) is 6.03 Å². The zero-order valence-electron chi connectivity index (χ0n) is 14.9. The van der Waals surface area contributed by atoms with E-state index in [1.165, 1.54) is 6.42 Å². The maximum atomic E-state index is 12.6. The zero-order chi connectivity index (χ0) is 17.5. The third kappa shape index (κ3) is 5.04. The van der Waals surface area contributed by atoms with Crippen LogP contribution in [0.15, 0.2) is 23.8 Å². The van der Waals surface area contributed by atoms with Crippen molar-refractivity contribution in [3.05, 3.63) is 34.5 Å². The summed E-state index contributed by atoms with van der Waals surface area (Å²) in [5.41, 5.74) is 0.965. The van der Waals surface area contributed by atoms with E-state index in [4.69, 9.17) is 0 Å². The maximum absolute atomic E-state index is 12.6. The van der Waals surface area contributed by atoms with E-state index in [1.807, 2.05) is 21.8 Å². The first-order chi connectivity index (χ1) is 12.3. The molecule has 7 heteroatoms. The van der Waals surface area contributed by atoms with Gasteiger partial charge >= 0.3 is 6.03 Å². The molecule has 1 saturated heterocycles. The average Bonchev–Trinajstić information content (AvgIpc) is 3.30. The third-order valence-corrected chi connectivity index (χ3v) is 5.58. The smallest absolute Gasteiger partial charge is 0.317 e. The summed E-state index contributed by atoms with van der Waals surface area (Å²) in [6.45, 7) is 4.37. The molecule has 1 aliphatic heterocycles. The lowest BCUT2D eigenvalue weighted by atomic mass is 10.00. The van der Waals surface area contributed by atoms with E-state index in [1.54, 1.807) is 17.5 Å². The number of hydrogen-bond acceptors (Lipinski definition) is 4. The Labute approximate surface area is 153 Å². The second kappa shape index (κ2) is 8.99. The first kappa shape index (κ1) is 17.9. The molecule has 0 bridgehead atoms. The van der Waals surface area contributed by atoms with Crippen LogP contribution in [-0.4, -0.2) is 38.3 Å². The van der Waals surface area contributed by atoms with E-state index in [9.17, 15) is 4.79 Å². The number of thiazole rings is 1. The molecule has 0 spiro atoms. The van der Waals surface area contributed by atoms with E-state index in [0.29, 0.717) is 12.6 Å². The number of carbonyl (C=O) groups excluding carboxylic acids is 1. The lowest BCUT2D eigenvalue weighted by molar-refractivity contribution is 0.143. The van der Waals surface area contributed by atoms with E-state index in [2.05, 4.69) is 27.7 Å². The van der Waals surface area contributed by atoms with Crippen LogP contribution in [-0.2, 0) is 19.5 Å². The molecule has 0 aliphatic carbocycles. The Morgan fingerprint density at radius 2 is 2.36 bits per heavy atom. The van der Waals surface area contributed by atoms with Crippen LogP contribution in [0.5, 0.6) is 0 Å². The Morgan fingerprint density at radius 1 is 1.44 bits per heavy atom. The van der Waals surface area contributed by atoms with Crippen molar-refractivity contribution < 1.29 is 4.79 Å². The van der Waals surface area contributed by atoms with Gasteiger partial charge in [0.25, 0.3) is 0 Å². The molecule has 0 unspecified atom stereocenters. The van der Waals surface area contributed by atoms with Crippen molar-refractivity contribution in [3.8, 4) is 0 Å². The van der Waals surface area contributed by atoms with Gasteiger partial charge in [-0.2, -0.15) is 5.10 Å². The summed E-state index contributed by atoms with van der Waals surface area (Å²) in [4.78, 5) is 19.2. The molecule has 1 fully saturated rings. The zero-order valence-corrected chi connectivity index (χ0v) is 15.7. The monoisotopic (exact) mass is 361 g/mol. The number of rotatable bonds is 7. The SMILES string of the molecule is CCCc1nc(CNC(=O)N2CCCC[C@H]2CCn2cccn2)cs1. The number of likely N-dealkylation sites (tertiary alicyclic amines) is 1. The van der Waals surface area contributed by atoms with Gasteiger partial charge in [-0.05, 0) is 44.6 Å². The summed E-state index contributed by atoms with van der Waals surface area (Å²) in [7, 11) is 0. The molecule has 3 rings (SSSR count). The molecule has 1 atom stereocenters. The molecule has 2 aromatic heterocycles. The first-order valence-electron chi connectivity index (χ1n) is 9.21. The third-order valence-electron chi connectivity index (χ3n) is 4.62. The van der Waals surface area contributed by atoms with Crippen LogP contribution < -0.4 is 5.32 Å². The fraction of sp³-hybridized carbons (Fsp3) is 0.611. The van der Waals surface area contributed by atoms with Crippen molar-refractivity contribution >= 4 is 17.4 Å². The summed E-state index contributed by atoms with van der Waals surface area (Å²) in [6, 6.07) is 2.27. The standard InChI is InChI=1S/C18H27N5OS/c1-2-6-17-21-15(14-25-17)13-19-18(24)23-11-4-3-7-16(23)8-12-22-10-5-9-20-22/h5,9-10,14,16H,2-4,6-8,11-13H2,1H3,(H,19,24)/t16-/m0/s1. The Morgan fingerprint density at radius 3 is 3.16 bits per heavy atom. The van der Waals surface area contributed by atoms with E-state index in [0.717, 1.165) is 55.9 Å². The second-order valence-electron chi connectivity index (χ2n) is 6.54. The van der Waals surface area contributed by atoms with Crippen molar-refractivity contribution in [2.45, 2.75) is 64.6 Å². The van der Waals surface area contributed by atoms with Crippen molar-refractivity contribution in [2.75, 3.05) is 6.54 Å². The molecule has 2 amide bonds. The molecule has 3 heterocycles. The predicted molar refractivity (Wildman–Crippen MR) is 99.5 cm³/mol. The van der Waals surface area contributed by atoms with Gasteiger partial charge < -0.3 is 10.2 Å². The van der Waals surface area contributed by atoms with Crippen molar-refractivity contribution in [1.82, 2.24) is 25.0 Å². The molecule has 1 N–H and O–H groups in total. The van der Waals surface area contributed by atoms with Gasteiger partial charge in [0.15, 0.2) is 0 Å². The van der Waals surface area contributed by atoms with Gasteiger partial charge in [-0.1, -0.05) is 6.92 Å². The minimum absolute atomic E-state index is 0.0372. The number of hydrogen-bond donors (Lipinski definition) is 1. The molecule has 136 valence electrons. The minimum atomic E-state index is 0.0372. The number of aromatic nitrogens is 3. The van der Waals surface area contributed by atoms with Crippen LogP contribution >= 0.6 is 11.3 Å². The summed E-state index contributed by atoms with van der Waals surface area (Å²) < 4.78 is 1.94. The summed E-state index contributed by atoms with van der Waals surface area (Å²) in [5.74, 6) is 0. The van der Waals surface area contributed by atoms with Gasteiger partial charge in [-0.15, -0.1) is 11.3 Å². The topological polar surface area (TPSA) is 63.1 Å². The fourth-order valence-corrected chi connectivity index (χ4v) is 4.21. The molecule has 1 aliphatic rings. The quantitative estimate of drug-likeness (QED) is 0.821. The highest BCUT2D eigenvalue weighted by Crippen LogP contribution is 2.20. The van der Waals surface area contributed by atoms with Crippen LogP contribution in [0.2, 0.25) is 0 Å². The number of amides is 2. The van der Waals surface area contributed by atoms with Gasteiger partial charge in [0.05, 0.1) is 17.2 Å². The molecule has 0 aromatic carbocycles. The molecule has 25 heavy (non-hydrogen) atoms. The van der Waals surface area contributed by atoms with Crippen LogP contribution in [0, 0.1) is 0 Å². The fourth-order valence-electron chi connectivity index (χ4n) is 3.31. The Hall–Kier alpha value is -1.89. The van der Waals surface area contributed by atoms with Crippen molar-refractivity contribution in [2.24, 2.45) is 0 Å². The number of piperidine rings is 1. The highest BCUT2D eigenvalue weighted by Gasteiger charge is 2.26. The van der Waals surface area contributed by atoms with Crippen LogP contribution in [0.25, 0.3) is 0 Å². The van der Waals surface area contributed by atoms with E-state index >= 15 is 0 Å². The minimum Gasteiger partial charge on any atom is -0.332 e. The molecule has 0 saturated carbocycles. The summed E-state index contributed by atoms with van der Waals surface area (Å²) in [5, 5.41) is 10.5. The summed E-state index contributed by atoms with van der Waals surface area (Å²) >= 11 is 1.68. The number of urea groups is 1. The molecule has 6 nitrogen and oxygen atoms in total. The highest BCUT2D eigenvalue weighted by atomic mass is 32.1. The second-order valence-corrected chi connectivity index (χ2v) is 7.48. The van der Waals surface area contributed by atoms with E-state index < -0.39 is 0 Å². The lowest BCUT2D eigenvalue weighted by Gasteiger charge is -2.35. The number of nitrogens with one attached hydrogen (secondary N) is 1. The Balaban J connectivity index is 1.50. The molecular weight excluding hydrogens is 334 g/mol. The van der Waals surface area contributed by atoms with Crippen LogP contribution in [0.4, 0.5) is 4.79 Å². The van der Waals surface area contributed by atoms with Crippen molar-refractivity contribution in [3.63, 3.8) is 0 Å². The number of aryl methyl sites for hydroxylation is 2. The summed E-state index contributed by atoms with van der Waals surface area (Å²) in [6.07, 6.45) is 10.2. The van der Waals surface area contributed by atoms with Gasteiger partial charge in [0, 0.05) is 36.9 Å². The Bertz CT molecular complexity index is 654. The normalized spacial score (nSPS) is 17.6. The van der Waals surface area contributed by atoms with Gasteiger partial charge in [0.1, 0.15) is 0 Å². The lowest BCUT2D eigenvalue weighted by Crippen LogP contribution is -2.48. The first-order valence-corrected chi connectivity index (χ1v) is 10.1. The largest absolute Gasteiger partial charge is 0.332 e. The predicted octanol–water partition coefficient (Wildman–Crippen LogP) is 3.45.